The van der Waals surface area contributed by atoms with Crippen molar-refractivity contribution in [2.75, 3.05) is 0 Å². The molecule has 0 aliphatic heterocycles. The van der Waals surface area contributed by atoms with Crippen LogP contribution < -0.4 is 9.47 Å². The number of carbonyl (C=O) groups excluding carboxylic acids is 2. The average Bonchev–Trinajstić information content (AvgIpc) is 3.13. The summed E-state index contributed by atoms with van der Waals surface area (Å²) in [6.45, 7) is 0. The lowest BCUT2D eigenvalue weighted by molar-refractivity contribution is 0.0725. The number of halogens is 2. The predicted octanol–water partition coefficient (Wildman–Crippen LogP) is 10.5. The van der Waals surface area contributed by atoms with E-state index >= 15 is 0 Å². The van der Waals surface area contributed by atoms with Crippen molar-refractivity contribution >= 4 is 58.9 Å². The number of ether oxygens (including phenoxy) is 2. The molecule has 6 rings (SSSR count). The third-order valence-electron chi connectivity index (χ3n) is 7.38. The van der Waals surface area contributed by atoms with Crippen LogP contribution in [0.25, 0.3) is 0 Å². The first-order chi connectivity index (χ1) is 23.9. The number of esters is 2. The molecule has 6 nitrogen and oxygen atoms in total. The van der Waals surface area contributed by atoms with E-state index in [4.69, 9.17) is 32.7 Å². The molecule has 0 atom stereocenters. The van der Waals surface area contributed by atoms with Crippen molar-refractivity contribution in [2.24, 2.45) is 9.98 Å². The van der Waals surface area contributed by atoms with E-state index < -0.39 is 11.9 Å². The van der Waals surface area contributed by atoms with Gasteiger partial charge >= 0.3 is 11.9 Å². The first-order valence-electron chi connectivity index (χ1n) is 15.3. The van der Waals surface area contributed by atoms with E-state index in [1.54, 1.807) is 85.2 Å². The molecule has 0 fully saturated rings. The number of para-hydroxylation sites is 2. The summed E-state index contributed by atoms with van der Waals surface area (Å²) in [4.78, 5) is 34.1. The smallest absolute Gasteiger partial charge is 0.343 e. The van der Waals surface area contributed by atoms with E-state index in [1.807, 2.05) is 48.5 Å². The van der Waals surface area contributed by atoms with Gasteiger partial charge in [0.2, 0.25) is 0 Å². The number of hydrogen-bond acceptors (Lipinski definition) is 6. The van der Waals surface area contributed by atoms with Gasteiger partial charge in [-0.3, -0.25) is 9.98 Å². The molecule has 0 amide bonds. The van der Waals surface area contributed by atoms with E-state index in [9.17, 15) is 9.59 Å². The summed E-state index contributed by atoms with van der Waals surface area (Å²) in [5, 5.41) is 0.756. The third-order valence-corrected chi connectivity index (χ3v) is 8.00. The average molecular weight is 684 g/mol. The molecule has 0 saturated carbocycles. The Kier molecular flexibility index (Phi) is 10.7. The number of rotatable bonds is 10. The van der Waals surface area contributed by atoms with Crippen LogP contribution in [0.15, 0.2) is 156 Å². The zero-order valence-electron chi connectivity index (χ0n) is 26.0. The van der Waals surface area contributed by atoms with Gasteiger partial charge in [0.1, 0.15) is 11.5 Å². The van der Waals surface area contributed by atoms with Gasteiger partial charge in [0, 0.05) is 12.4 Å². The summed E-state index contributed by atoms with van der Waals surface area (Å²) in [5.41, 5.74) is 6.50. The molecule has 0 bridgehead atoms. The van der Waals surface area contributed by atoms with Crippen molar-refractivity contribution in [3.8, 4) is 11.5 Å². The number of carbonyl (C=O) groups is 2. The molecule has 8 heteroatoms. The molecule has 0 unspecified atom stereocenters. The molecule has 0 aliphatic rings. The normalized spacial score (nSPS) is 11.1. The lowest BCUT2D eigenvalue weighted by Gasteiger charge is -2.06. The summed E-state index contributed by atoms with van der Waals surface area (Å²) in [6.07, 6.45) is 4.27. The Hall–Kier alpha value is -5.82. The Labute approximate surface area is 293 Å². The molecule has 0 radical (unpaired) electrons. The van der Waals surface area contributed by atoms with Gasteiger partial charge in [-0.05, 0) is 101 Å². The van der Waals surface area contributed by atoms with E-state index in [1.165, 1.54) is 0 Å². The molecule has 0 heterocycles. The van der Waals surface area contributed by atoms with Crippen LogP contribution in [0.1, 0.15) is 43.0 Å². The fourth-order valence-corrected chi connectivity index (χ4v) is 5.07. The molecule has 6 aromatic carbocycles. The fourth-order valence-electron chi connectivity index (χ4n) is 4.72. The SMILES string of the molecule is O=C(Oc1ccccc1Cl)c1ccc(C=Nc2ccc(Cc3ccc(N=Cc4ccc(C(=O)Oc5ccccc5Cl)cc4)cc3)cc2)cc1. The summed E-state index contributed by atoms with van der Waals surface area (Å²) < 4.78 is 10.8. The molecule has 0 N–H and O–H groups in total. The second-order valence-corrected chi connectivity index (χ2v) is 11.7. The molecule has 49 heavy (non-hydrogen) atoms. The highest BCUT2D eigenvalue weighted by Crippen LogP contribution is 2.25. The number of nitrogens with zero attached hydrogens (tertiary/aromatic N) is 2. The first kappa shape index (κ1) is 33.1. The van der Waals surface area contributed by atoms with Gasteiger partial charge in [-0.2, -0.15) is 0 Å². The van der Waals surface area contributed by atoms with Crippen LogP contribution in [-0.2, 0) is 6.42 Å². The van der Waals surface area contributed by atoms with Gasteiger partial charge in [0.15, 0.2) is 0 Å². The number of aliphatic imine (C=N–C) groups is 2. The summed E-state index contributed by atoms with van der Waals surface area (Å²) in [6, 6.07) is 43.9. The Balaban J connectivity index is 0.985. The molecule has 0 aromatic heterocycles. The summed E-state index contributed by atoms with van der Waals surface area (Å²) in [7, 11) is 0. The quantitative estimate of drug-likeness (QED) is 0.0818. The van der Waals surface area contributed by atoms with Gasteiger partial charge < -0.3 is 9.47 Å². The van der Waals surface area contributed by atoms with Crippen molar-refractivity contribution in [2.45, 2.75) is 6.42 Å². The molecule has 240 valence electrons. The van der Waals surface area contributed by atoms with Crippen molar-refractivity contribution in [1.82, 2.24) is 0 Å². The van der Waals surface area contributed by atoms with Crippen LogP contribution in [0.3, 0.4) is 0 Å². The maximum Gasteiger partial charge on any atom is 0.343 e. The fraction of sp³-hybridized carbons (Fsp3) is 0.0244. The Morgan fingerprint density at radius 3 is 1.22 bits per heavy atom. The second kappa shape index (κ2) is 15.8. The molecule has 0 aliphatic carbocycles. The highest BCUT2D eigenvalue weighted by Gasteiger charge is 2.12. The predicted molar refractivity (Wildman–Crippen MR) is 196 cm³/mol. The van der Waals surface area contributed by atoms with Gasteiger partial charge in [-0.1, -0.05) is 96.0 Å². The standard InChI is InChI=1S/C41H28Cl2N2O4/c42-36-5-1-3-7-38(36)48-40(46)32-17-9-30(10-18-32)26-44-34-21-13-28(14-22-34)25-29-15-23-35(24-16-29)45-27-31-11-19-33(20-12-31)41(47)49-39-8-4-2-6-37(39)43/h1-24,26-27H,25H2. The minimum Gasteiger partial charge on any atom is -0.421 e. The van der Waals surface area contributed by atoms with Crippen LogP contribution in [0, 0.1) is 0 Å². The lowest BCUT2D eigenvalue weighted by atomic mass is 10.0. The number of benzene rings is 6. The monoisotopic (exact) mass is 682 g/mol. The van der Waals surface area contributed by atoms with Crippen molar-refractivity contribution in [3.63, 3.8) is 0 Å². The van der Waals surface area contributed by atoms with Crippen molar-refractivity contribution in [3.05, 3.63) is 189 Å². The lowest BCUT2D eigenvalue weighted by Crippen LogP contribution is -2.08. The summed E-state index contributed by atoms with van der Waals surface area (Å²) in [5.74, 6) is -0.313. The maximum absolute atomic E-state index is 12.5. The zero-order chi connectivity index (χ0) is 34.0. The van der Waals surface area contributed by atoms with Crippen LogP contribution in [0.4, 0.5) is 11.4 Å². The van der Waals surface area contributed by atoms with E-state index in [0.717, 1.165) is 40.0 Å². The Bertz CT molecular complexity index is 1970. The molecule has 6 aromatic rings. The van der Waals surface area contributed by atoms with E-state index in [0.29, 0.717) is 32.7 Å². The van der Waals surface area contributed by atoms with Crippen molar-refractivity contribution < 1.29 is 19.1 Å². The highest BCUT2D eigenvalue weighted by molar-refractivity contribution is 6.32. The van der Waals surface area contributed by atoms with E-state index in [-0.39, 0.29) is 0 Å². The van der Waals surface area contributed by atoms with Gasteiger partial charge in [-0.25, -0.2) is 9.59 Å². The molecule has 0 spiro atoms. The van der Waals surface area contributed by atoms with E-state index in [2.05, 4.69) is 34.3 Å². The minimum atomic E-state index is -0.478. The van der Waals surface area contributed by atoms with Crippen LogP contribution in [0.2, 0.25) is 10.0 Å². The summed E-state index contributed by atoms with van der Waals surface area (Å²) >= 11 is 12.2. The second-order valence-electron chi connectivity index (χ2n) is 10.9. The molecule has 0 saturated heterocycles. The van der Waals surface area contributed by atoms with Crippen LogP contribution in [0.5, 0.6) is 11.5 Å². The zero-order valence-corrected chi connectivity index (χ0v) is 27.5. The molecular weight excluding hydrogens is 655 g/mol. The largest absolute Gasteiger partial charge is 0.421 e. The maximum atomic E-state index is 12.5. The molecular formula is C41H28Cl2N2O4. The van der Waals surface area contributed by atoms with Crippen LogP contribution >= 0.6 is 23.2 Å². The Morgan fingerprint density at radius 1 is 0.490 bits per heavy atom. The topological polar surface area (TPSA) is 77.3 Å². The van der Waals surface area contributed by atoms with Gasteiger partial charge in [0.25, 0.3) is 0 Å². The number of hydrogen-bond donors (Lipinski definition) is 0. The Morgan fingerprint density at radius 2 is 0.857 bits per heavy atom. The third kappa shape index (κ3) is 9.17. The van der Waals surface area contributed by atoms with Gasteiger partial charge in [0.05, 0.1) is 32.5 Å². The van der Waals surface area contributed by atoms with Crippen molar-refractivity contribution in [1.29, 1.82) is 0 Å². The first-order valence-corrected chi connectivity index (χ1v) is 16.0. The van der Waals surface area contributed by atoms with Gasteiger partial charge in [-0.15, -0.1) is 0 Å². The van der Waals surface area contributed by atoms with Crippen LogP contribution in [-0.4, -0.2) is 24.4 Å². The highest BCUT2D eigenvalue weighted by atomic mass is 35.5. The minimum absolute atomic E-state index is 0.322.